The number of nitrogens with zero attached hydrogens (tertiary/aromatic N) is 2. The third kappa shape index (κ3) is 7.41. The van der Waals surface area contributed by atoms with Crippen molar-refractivity contribution in [3.63, 3.8) is 0 Å². The Morgan fingerprint density at radius 2 is 1.89 bits per heavy atom. The summed E-state index contributed by atoms with van der Waals surface area (Å²) in [6.07, 6.45) is 14.8. The number of aryl methyl sites for hydroxylation is 3. The fourth-order valence-corrected chi connectivity index (χ4v) is 6.71. The molecule has 0 N–H and O–H groups in total. The summed E-state index contributed by atoms with van der Waals surface area (Å²) in [4.78, 5) is 5.30. The average molecular weight is 513 g/mol. The van der Waals surface area contributed by atoms with Gasteiger partial charge in [-0.2, -0.15) is 0 Å². The molecule has 206 valence electrons. The minimum Gasteiger partial charge on any atom is -0.370 e. The topological polar surface area (TPSA) is 6.48 Å². The minimum absolute atomic E-state index is 0.531. The van der Waals surface area contributed by atoms with Crippen molar-refractivity contribution < 1.29 is 0 Å². The Balaban J connectivity index is 1.49. The summed E-state index contributed by atoms with van der Waals surface area (Å²) in [6.45, 7) is 21.6. The smallest absolute Gasteiger partial charge is 0.0426 e. The van der Waals surface area contributed by atoms with Crippen LogP contribution in [-0.4, -0.2) is 29.4 Å². The number of likely N-dealkylation sites (tertiary alicyclic amines) is 1. The van der Waals surface area contributed by atoms with Gasteiger partial charge in [0.2, 0.25) is 0 Å². The van der Waals surface area contributed by atoms with Gasteiger partial charge in [0, 0.05) is 37.8 Å². The van der Waals surface area contributed by atoms with Crippen molar-refractivity contribution in [1.82, 2.24) is 9.80 Å². The van der Waals surface area contributed by atoms with Crippen LogP contribution in [-0.2, 0) is 25.9 Å². The minimum atomic E-state index is 0.531. The lowest BCUT2D eigenvalue weighted by Crippen LogP contribution is -2.40. The second-order valence-corrected chi connectivity index (χ2v) is 12.4. The third-order valence-electron chi connectivity index (χ3n) is 8.67. The fourth-order valence-electron chi connectivity index (χ4n) is 6.71. The number of piperidine rings is 1. The van der Waals surface area contributed by atoms with E-state index in [1.54, 1.807) is 11.1 Å². The second-order valence-electron chi connectivity index (χ2n) is 12.4. The molecule has 2 aromatic carbocycles. The molecule has 1 fully saturated rings. The summed E-state index contributed by atoms with van der Waals surface area (Å²) in [6, 6.07) is 11.8. The molecule has 2 heteroatoms. The Morgan fingerprint density at radius 3 is 2.68 bits per heavy atom. The number of benzene rings is 2. The predicted molar refractivity (Wildman–Crippen MR) is 165 cm³/mol. The van der Waals surface area contributed by atoms with Crippen LogP contribution >= 0.6 is 0 Å². The first kappa shape index (κ1) is 28.7. The van der Waals surface area contributed by atoms with Crippen LogP contribution < -0.4 is 0 Å². The zero-order chi connectivity index (χ0) is 27.1. The number of fused-ring (bicyclic) bond motifs is 1. The quantitative estimate of drug-likeness (QED) is 0.293. The highest BCUT2D eigenvalue weighted by molar-refractivity contribution is 5.57. The van der Waals surface area contributed by atoms with E-state index in [1.807, 2.05) is 0 Å². The maximum atomic E-state index is 4.75. The largest absolute Gasteiger partial charge is 0.370 e. The highest BCUT2D eigenvalue weighted by atomic mass is 15.2. The standard InChI is InChI=1S/C36H52N2/c1-7-8-18-35-28(4)14-12-16-34(35)26-37-20-13-17-33(25-37)30(6)38(23-27(2)3)24-31-21-29(5)36-19-11-9-10-15-32(36)22-31/h8,12,14,16,18,21-22,27,33H,6-7,9-11,13,15,17,19-20,23-26H2,1-5H3/b18-8-. The first-order valence-corrected chi connectivity index (χ1v) is 15.4. The van der Waals surface area contributed by atoms with Gasteiger partial charge in [0.15, 0.2) is 0 Å². The van der Waals surface area contributed by atoms with Crippen molar-refractivity contribution >= 4 is 6.08 Å². The Bertz CT molecular complexity index is 1110. The molecule has 2 aliphatic rings. The van der Waals surface area contributed by atoms with Crippen LogP contribution in [0.5, 0.6) is 0 Å². The third-order valence-corrected chi connectivity index (χ3v) is 8.67. The molecule has 1 atom stereocenters. The molecular formula is C36H52N2. The van der Waals surface area contributed by atoms with Gasteiger partial charge in [0.25, 0.3) is 0 Å². The summed E-state index contributed by atoms with van der Waals surface area (Å²) in [5.74, 6) is 1.15. The van der Waals surface area contributed by atoms with Crippen molar-refractivity contribution in [2.24, 2.45) is 11.8 Å². The molecule has 2 aromatic rings. The predicted octanol–water partition coefficient (Wildman–Crippen LogP) is 8.88. The van der Waals surface area contributed by atoms with E-state index in [0.29, 0.717) is 11.8 Å². The maximum Gasteiger partial charge on any atom is 0.0426 e. The van der Waals surface area contributed by atoms with E-state index in [-0.39, 0.29) is 0 Å². The molecule has 1 heterocycles. The van der Waals surface area contributed by atoms with Gasteiger partial charge in [-0.15, -0.1) is 0 Å². The summed E-state index contributed by atoms with van der Waals surface area (Å²) in [5.41, 5.74) is 11.8. The maximum absolute atomic E-state index is 4.75. The summed E-state index contributed by atoms with van der Waals surface area (Å²) in [5, 5.41) is 0. The lowest BCUT2D eigenvalue weighted by Gasteiger charge is -2.39. The van der Waals surface area contributed by atoms with Gasteiger partial charge in [-0.3, -0.25) is 4.90 Å². The monoisotopic (exact) mass is 512 g/mol. The molecule has 38 heavy (non-hydrogen) atoms. The highest BCUT2D eigenvalue weighted by Gasteiger charge is 2.26. The van der Waals surface area contributed by atoms with Crippen LogP contribution in [0.3, 0.4) is 0 Å². The van der Waals surface area contributed by atoms with E-state index in [1.165, 1.54) is 85.0 Å². The number of hydrogen-bond donors (Lipinski definition) is 0. The van der Waals surface area contributed by atoms with Crippen molar-refractivity contribution in [3.05, 3.63) is 87.6 Å². The summed E-state index contributed by atoms with van der Waals surface area (Å²) < 4.78 is 0. The molecule has 0 radical (unpaired) electrons. The Morgan fingerprint density at radius 1 is 1.08 bits per heavy atom. The summed E-state index contributed by atoms with van der Waals surface area (Å²) in [7, 11) is 0. The Kier molecular flexibility index (Phi) is 10.3. The van der Waals surface area contributed by atoms with Crippen molar-refractivity contribution in [3.8, 4) is 0 Å². The first-order valence-electron chi connectivity index (χ1n) is 15.4. The van der Waals surface area contributed by atoms with Gasteiger partial charge in [0.1, 0.15) is 0 Å². The molecule has 0 saturated carbocycles. The van der Waals surface area contributed by atoms with Crippen LogP contribution in [0, 0.1) is 25.7 Å². The van der Waals surface area contributed by atoms with E-state index in [2.05, 4.69) is 86.9 Å². The average Bonchev–Trinajstić information content (AvgIpc) is 3.13. The zero-order valence-electron chi connectivity index (χ0n) is 25.0. The van der Waals surface area contributed by atoms with E-state index in [0.717, 1.165) is 32.6 Å². The van der Waals surface area contributed by atoms with Gasteiger partial charge in [-0.1, -0.05) is 76.3 Å². The SMILES string of the molecule is C=C(C1CCCN(Cc2cccc(C)c2/C=C\CC)C1)N(Cc1cc(C)c2c(c1)CCCCC2)CC(C)C. The molecular weight excluding hydrogens is 460 g/mol. The molecule has 1 saturated heterocycles. The van der Waals surface area contributed by atoms with Gasteiger partial charge in [0.05, 0.1) is 0 Å². The number of rotatable bonds is 10. The van der Waals surface area contributed by atoms with Gasteiger partial charge in [-0.25, -0.2) is 0 Å². The molecule has 2 nitrogen and oxygen atoms in total. The van der Waals surface area contributed by atoms with Crippen LogP contribution in [0.25, 0.3) is 6.08 Å². The molecule has 4 rings (SSSR count). The lowest BCUT2D eigenvalue weighted by atomic mass is 9.92. The van der Waals surface area contributed by atoms with Crippen LogP contribution in [0.2, 0.25) is 0 Å². The van der Waals surface area contributed by atoms with Crippen LogP contribution in [0.4, 0.5) is 0 Å². The van der Waals surface area contributed by atoms with Gasteiger partial charge in [-0.05, 0) is 110 Å². The highest BCUT2D eigenvalue weighted by Crippen LogP contribution is 2.31. The fraction of sp³-hybridized carbons (Fsp3) is 0.556. The first-order chi connectivity index (χ1) is 18.4. The van der Waals surface area contributed by atoms with E-state index < -0.39 is 0 Å². The lowest BCUT2D eigenvalue weighted by molar-refractivity contribution is 0.155. The molecule has 0 aromatic heterocycles. The van der Waals surface area contributed by atoms with Crippen molar-refractivity contribution in [2.45, 2.75) is 99.1 Å². The molecule has 1 aliphatic heterocycles. The van der Waals surface area contributed by atoms with E-state index in [4.69, 9.17) is 6.58 Å². The molecule has 1 unspecified atom stereocenters. The van der Waals surface area contributed by atoms with Crippen molar-refractivity contribution in [1.29, 1.82) is 0 Å². The summed E-state index contributed by atoms with van der Waals surface area (Å²) >= 11 is 0. The molecule has 0 amide bonds. The molecule has 0 bridgehead atoms. The van der Waals surface area contributed by atoms with Gasteiger partial charge < -0.3 is 4.90 Å². The number of hydrogen-bond acceptors (Lipinski definition) is 2. The molecule has 0 spiro atoms. The Hall–Kier alpha value is -2.32. The van der Waals surface area contributed by atoms with E-state index >= 15 is 0 Å². The van der Waals surface area contributed by atoms with E-state index in [9.17, 15) is 0 Å². The molecule has 1 aliphatic carbocycles. The second kappa shape index (κ2) is 13.7. The van der Waals surface area contributed by atoms with Crippen molar-refractivity contribution in [2.75, 3.05) is 19.6 Å². The van der Waals surface area contributed by atoms with Crippen LogP contribution in [0.15, 0.2) is 48.7 Å². The van der Waals surface area contributed by atoms with Crippen LogP contribution in [0.1, 0.15) is 98.2 Å². The Labute approximate surface area is 233 Å². The normalized spacial score (nSPS) is 18.5. The van der Waals surface area contributed by atoms with Gasteiger partial charge >= 0.3 is 0 Å². The number of allylic oxidation sites excluding steroid dienone is 1. The zero-order valence-corrected chi connectivity index (χ0v) is 25.0.